The van der Waals surface area contributed by atoms with Gasteiger partial charge in [0.05, 0.1) is 6.20 Å². The van der Waals surface area contributed by atoms with Crippen molar-refractivity contribution in [3.8, 4) is 0 Å². The SMILES string of the molecule is CC(C)(C)C(=O)N1CCN(c2ccnc3ccnn23)CC1. The van der Waals surface area contributed by atoms with E-state index in [0.717, 1.165) is 37.6 Å². The molecule has 0 bridgehead atoms. The van der Waals surface area contributed by atoms with Crippen LogP contribution in [0.4, 0.5) is 5.82 Å². The lowest BCUT2D eigenvalue weighted by Crippen LogP contribution is -2.52. The minimum absolute atomic E-state index is 0.223. The van der Waals surface area contributed by atoms with Crippen molar-refractivity contribution in [3.05, 3.63) is 24.5 Å². The van der Waals surface area contributed by atoms with E-state index in [0.29, 0.717) is 0 Å². The molecule has 1 aliphatic heterocycles. The fraction of sp³-hybridized carbons (Fsp3) is 0.533. The Bertz CT molecular complexity index is 649. The molecule has 1 aliphatic rings. The first-order valence-electron chi connectivity index (χ1n) is 7.30. The number of anilines is 1. The minimum atomic E-state index is -0.311. The molecule has 6 heteroatoms. The number of fused-ring (bicyclic) bond motifs is 1. The zero-order valence-corrected chi connectivity index (χ0v) is 12.8. The Kier molecular flexibility index (Phi) is 3.31. The molecule has 3 rings (SSSR count). The number of piperazine rings is 1. The molecule has 3 heterocycles. The second-order valence-electron chi connectivity index (χ2n) is 6.43. The summed E-state index contributed by atoms with van der Waals surface area (Å²) in [7, 11) is 0. The summed E-state index contributed by atoms with van der Waals surface area (Å²) < 4.78 is 1.85. The Morgan fingerprint density at radius 2 is 1.81 bits per heavy atom. The van der Waals surface area contributed by atoms with Crippen molar-refractivity contribution in [2.75, 3.05) is 31.1 Å². The van der Waals surface area contributed by atoms with Crippen molar-refractivity contribution in [3.63, 3.8) is 0 Å². The minimum Gasteiger partial charge on any atom is -0.353 e. The van der Waals surface area contributed by atoms with Gasteiger partial charge in [-0.2, -0.15) is 9.61 Å². The van der Waals surface area contributed by atoms with Crippen LogP contribution in [0.2, 0.25) is 0 Å². The zero-order valence-electron chi connectivity index (χ0n) is 12.8. The molecular weight excluding hydrogens is 266 g/mol. The number of hydrogen-bond donors (Lipinski definition) is 0. The quantitative estimate of drug-likeness (QED) is 0.796. The van der Waals surface area contributed by atoms with Crippen molar-refractivity contribution in [1.82, 2.24) is 19.5 Å². The molecule has 0 atom stereocenters. The van der Waals surface area contributed by atoms with Gasteiger partial charge in [-0.25, -0.2) is 4.98 Å². The van der Waals surface area contributed by atoms with Gasteiger partial charge in [-0.15, -0.1) is 0 Å². The molecule has 0 spiro atoms. The van der Waals surface area contributed by atoms with Gasteiger partial charge in [0.1, 0.15) is 5.82 Å². The van der Waals surface area contributed by atoms with Crippen molar-refractivity contribution in [2.24, 2.45) is 5.41 Å². The predicted octanol–water partition coefficient (Wildman–Crippen LogP) is 1.42. The number of carbonyl (C=O) groups is 1. The molecule has 0 unspecified atom stereocenters. The van der Waals surface area contributed by atoms with E-state index >= 15 is 0 Å². The lowest BCUT2D eigenvalue weighted by molar-refractivity contribution is -0.139. The summed E-state index contributed by atoms with van der Waals surface area (Å²) in [5.41, 5.74) is 0.536. The Hall–Kier alpha value is -2.11. The topological polar surface area (TPSA) is 53.7 Å². The van der Waals surface area contributed by atoms with Crippen LogP contribution in [0.15, 0.2) is 24.5 Å². The maximum atomic E-state index is 12.3. The van der Waals surface area contributed by atoms with E-state index in [-0.39, 0.29) is 11.3 Å². The van der Waals surface area contributed by atoms with Crippen LogP contribution in [0, 0.1) is 5.41 Å². The van der Waals surface area contributed by atoms with Crippen LogP contribution in [0.3, 0.4) is 0 Å². The number of hydrogen-bond acceptors (Lipinski definition) is 4. The fourth-order valence-corrected chi connectivity index (χ4v) is 2.67. The predicted molar refractivity (Wildman–Crippen MR) is 81.2 cm³/mol. The summed E-state index contributed by atoms with van der Waals surface area (Å²) in [6.07, 6.45) is 3.56. The fourth-order valence-electron chi connectivity index (χ4n) is 2.67. The standard InChI is InChI=1S/C15H21N5O/c1-15(2,3)14(21)19-10-8-18(9-11-19)13-5-6-16-12-4-7-17-20(12)13/h4-7H,8-11H2,1-3H3. The van der Waals surface area contributed by atoms with Crippen molar-refractivity contribution >= 4 is 17.4 Å². The number of rotatable bonds is 1. The summed E-state index contributed by atoms with van der Waals surface area (Å²) in [5, 5.41) is 4.32. The second-order valence-corrected chi connectivity index (χ2v) is 6.43. The number of nitrogens with zero attached hydrogens (tertiary/aromatic N) is 5. The van der Waals surface area contributed by atoms with Crippen LogP contribution in [0.5, 0.6) is 0 Å². The van der Waals surface area contributed by atoms with Gasteiger partial charge in [0.25, 0.3) is 0 Å². The number of carbonyl (C=O) groups excluding carboxylic acids is 1. The van der Waals surface area contributed by atoms with Crippen molar-refractivity contribution in [2.45, 2.75) is 20.8 Å². The average Bonchev–Trinajstić information content (AvgIpc) is 2.94. The highest BCUT2D eigenvalue weighted by molar-refractivity contribution is 5.81. The van der Waals surface area contributed by atoms with Crippen LogP contribution < -0.4 is 4.90 Å². The van der Waals surface area contributed by atoms with Crippen LogP contribution in [-0.2, 0) is 4.79 Å². The smallest absolute Gasteiger partial charge is 0.228 e. The third-order valence-electron chi connectivity index (χ3n) is 3.80. The van der Waals surface area contributed by atoms with E-state index < -0.39 is 0 Å². The van der Waals surface area contributed by atoms with Gasteiger partial charge in [0, 0.05) is 43.9 Å². The lowest BCUT2D eigenvalue weighted by atomic mass is 9.94. The maximum Gasteiger partial charge on any atom is 0.228 e. The summed E-state index contributed by atoms with van der Waals surface area (Å²) >= 11 is 0. The van der Waals surface area contributed by atoms with Gasteiger partial charge in [-0.3, -0.25) is 4.79 Å². The molecule has 1 saturated heterocycles. The Morgan fingerprint density at radius 3 is 2.48 bits per heavy atom. The van der Waals surface area contributed by atoms with Gasteiger partial charge < -0.3 is 9.80 Å². The summed E-state index contributed by atoms with van der Waals surface area (Å²) in [4.78, 5) is 20.8. The van der Waals surface area contributed by atoms with E-state index in [9.17, 15) is 4.79 Å². The normalized spacial score (nSPS) is 16.5. The molecule has 112 valence electrons. The molecular formula is C15H21N5O. The molecule has 6 nitrogen and oxygen atoms in total. The van der Waals surface area contributed by atoms with Crippen molar-refractivity contribution in [1.29, 1.82) is 0 Å². The highest BCUT2D eigenvalue weighted by atomic mass is 16.2. The summed E-state index contributed by atoms with van der Waals surface area (Å²) in [6.45, 7) is 9.05. The molecule has 1 amide bonds. The van der Waals surface area contributed by atoms with E-state index in [2.05, 4.69) is 15.0 Å². The highest BCUT2D eigenvalue weighted by Gasteiger charge is 2.30. The van der Waals surface area contributed by atoms with E-state index in [1.165, 1.54) is 0 Å². The Morgan fingerprint density at radius 1 is 1.10 bits per heavy atom. The van der Waals surface area contributed by atoms with Crippen molar-refractivity contribution < 1.29 is 4.79 Å². The molecule has 21 heavy (non-hydrogen) atoms. The molecule has 2 aromatic rings. The molecule has 0 aromatic carbocycles. The Balaban J connectivity index is 1.74. The van der Waals surface area contributed by atoms with E-state index in [1.807, 2.05) is 42.3 Å². The molecule has 2 aromatic heterocycles. The van der Waals surface area contributed by atoms with Gasteiger partial charge in [0.2, 0.25) is 5.91 Å². The molecule has 0 N–H and O–H groups in total. The first-order chi connectivity index (χ1) is 9.97. The first-order valence-corrected chi connectivity index (χ1v) is 7.30. The van der Waals surface area contributed by atoms with Gasteiger partial charge in [0.15, 0.2) is 5.65 Å². The third kappa shape index (κ3) is 2.57. The molecule has 0 aliphatic carbocycles. The maximum absolute atomic E-state index is 12.3. The van der Waals surface area contributed by atoms with Gasteiger partial charge in [-0.05, 0) is 6.07 Å². The molecule has 1 fully saturated rings. The van der Waals surface area contributed by atoms with Crippen LogP contribution in [0.1, 0.15) is 20.8 Å². The number of amides is 1. The third-order valence-corrected chi connectivity index (χ3v) is 3.80. The van der Waals surface area contributed by atoms with Crippen LogP contribution in [-0.4, -0.2) is 51.6 Å². The zero-order chi connectivity index (χ0) is 15.0. The summed E-state index contributed by atoms with van der Waals surface area (Å²) in [5.74, 6) is 1.26. The molecule has 0 saturated carbocycles. The second kappa shape index (κ2) is 5.02. The monoisotopic (exact) mass is 287 g/mol. The number of aromatic nitrogens is 3. The van der Waals surface area contributed by atoms with Gasteiger partial charge >= 0.3 is 0 Å². The molecule has 0 radical (unpaired) electrons. The van der Waals surface area contributed by atoms with E-state index in [4.69, 9.17) is 0 Å². The Labute approximate surface area is 124 Å². The first kappa shape index (κ1) is 13.9. The summed E-state index contributed by atoms with van der Waals surface area (Å²) in [6, 6.07) is 3.87. The largest absolute Gasteiger partial charge is 0.353 e. The van der Waals surface area contributed by atoms with Gasteiger partial charge in [-0.1, -0.05) is 20.8 Å². The lowest BCUT2D eigenvalue weighted by Gasteiger charge is -2.38. The van der Waals surface area contributed by atoms with Crippen LogP contribution >= 0.6 is 0 Å². The van der Waals surface area contributed by atoms with E-state index in [1.54, 1.807) is 12.4 Å². The highest BCUT2D eigenvalue weighted by Crippen LogP contribution is 2.21. The van der Waals surface area contributed by atoms with Crippen LogP contribution in [0.25, 0.3) is 5.65 Å². The average molecular weight is 287 g/mol.